The summed E-state index contributed by atoms with van der Waals surface area (Å²) in [5.41, 5.74) is 13.5. The van der Waals surface area contributed by atoms with Crippen LogP contribution in [0.25, 0.3) is 0 Å². The van der Waals surface area contributed by atoms with Gasteiger partial charge in [0.15, 0.2) is 0 Å². The zero-order valence-electron chi connectivity index (χ0n) is 52.4. The number of carboxylic acids is 2. The number of rotatable bonds is 27. The number of hydrogen-bond acceptors (Lipinski definition) is 15. The van der Waals surface area contributed by atoms with E-state index in [1.165, 1.54) is 40.4 Å². The normalized spacial score (nSPS) is 9.36. The van der Waals surface area contributed by atoms with E-state index in [1.54, 1.807) is 71.8 Å². The number of hydrogen-bond donors (Lipinski definition) is 7. The Morgan fingerprint density at radius 1 is 0.518 bits per heavy atom. The summed E-state index contributed by atoms with van der Waals surface area (Å²) in [5, 5.41) is 20.2. The van der Waals surface area contributed by atoms with Gasteiger partial charge in [-0.2, -0.15) is 0 Å². The molecule has 14 nitrogen and oxygen atoms in total. The second-order valence-corrected chi connectivity index (χ2v) is 24.9. The molecule has 0 aliphatic carbocycles. The van der Waals surface area contributed by atoms with E-state index in [-0.39, 0.29) is 45.0 Å². The third kappa shape index (κ3) is 75.1. The lowest BCUT2D eigenvalue weighted by Crippen LogP contribution is -2.87. The quantitative estimate of drug-likeness (QED) is 0.0176. The van der Waals surface area contributed by atoms with Crippen molar-refractivity contribution in [2.45, 2.75) is 79.6 Å². The number of nitrogens with two attached hydrogens (primary N) is 3. The monoisotopic (exact) mass is 1210 g/mol. The van der Waals surface area contributed by atoms with Gasteiger partial charge in [-0.15, -0.1) is 0 Å². The number of carbonyl (C=O) groups is 6. The van der Waals surface area contributed by atoms with Crippen LogP contribution in [0.4, 0.5) is 0 Å². The molecule has 34 radical (unpaired) electrons. The maximum Gasteiger partial charge on any atom is 0.300 e. The summed E-state index contributed by atoms with van der Waals surface area (Å²) >= 11 is 0. The van der Waals surface area contributed by atoms with Gasteiger partial charge in [-0.05, 0) is 77.4 Å². The van der Waals surface area contributed by atoms with Gasteiger partial charge in [0.2, 0.25) is 11.8 Å². The van der Waals surface area contributed by atoms with Crippen molar-refractivity contribution in [2.75, 3.05) is 78.8 Å². The lowest BCUT2D eigenvalue weighted by Gasteiger charge is -2.49. The molecule has 0 saturated carbocycles. The van der Waals surface area contributed by atoms with E-state index >= 15 is 0 Å². The van der Waals surface area contributed by atoms with E-state index in [0.717, 1.165) is 56.8 Å². The molecule has 0 saturated heterocycles. The Balaban J connectivity index is -0.0000000933. The van der Waals surface area contributed by atoms with Crippen LogP contribution in [-0.2, 0) is 28.8 Å². The number of amides is 4. The van der Waals surface area contributed by atoms with Crippen LogP contribution in [0.3, 0.4) is 0 Å². The highest BCUT2D eigenvalue weighted by atomic mass is 33.1. The van der Waals surface area contributed by atoms with Crippen LogP contribution in [0.15, 0.2) is 12.2 Å². The Labute approximate surface area is 558 Å². The fraction of sp³-hybridized carbons (Fsp3) is 0.758. The van der Waals surface area contributed by atoms with Crippen molar-refractivity contribution in [1.82, 2.24) is 15.5 Å². The third-order valence-electron chi connectivity index (χ3n) is 9.70. The average Bonchev–Trinajstić information content (AvgIpc) is 3.72. The van der Waals surface area contributed by atoms with Crippen LogP contribution in [0, 0.1) is 5.92 Å². The van der Waals surface area contributed by atoms with Crippen LogP contribution in [0.2, 0.25) is 0 Å². The smallest absolute Gasteiger partial charge is 0.300 e. The molecule has 50 heteroatoms. The molecule has 0 aromatic heterocycles. The highest BCUT2D eigenvalue weighted by Crippen LogP contribution is 2.14. The van der Waals surface area contributed by atoms with E-state index in [4.69, 9.17) is 136 Å². The standard InChI is InChI=1S/C16H25N3O4.C4H10.2C2H4O2.3C2H6S2.3CH5N.B29.B/c1-17-13(20)7-5-3-2-4-6-11-18-14(21)10-12-19-15(22)8-9-16(19)23;1-4(2)3;2*1-2(3)4;3*1-3-4-2;3*1-2;1-16-24(17(2)3)28(25(18(4)5)19(6)7)29(26(20(8)9)21(10)11)27(22(12)13)23(14)15;/h8-9H,2-7,10-12H2,1H3,(H,17,20)(H,18,21);4H,1-3H3;2*1H3,(H,3,4);3*1-2H3;3*2H2,1H3;;. The molecule has 0 bridgehead atoms. The zero-order valence-corrected chi connectivity index (χ0v) is 57.3. The van der Waals surface area contributed by atoms with Gasteiger partial charge in [0.05, 0.1) is 0 Å². The predicted molar refractivity (Wildman–Crippen MR) is 416 cm³/mol. The summed E-state index contributed by atoms with van der Waals surface area (Å²) in [7, 11) is 108. The Bertz CT molecular complexity index is 1410. The van der Waals surface area contributed by atoms with E-state index in [2.05, 4.69) is 86.1 Å². The largest absolute Gasteiger partial charge is 0.481 e. The molecule has 0 spiro atoms. The number of unbranched alkanes of at least 4 members (excludes halogenated alkanes) is 4. The molecule has 0 fully saturated rings. The Morgan fingerprint density at radius 2 is 0.783 bits per heavy atom. The van der Waals surface area contributed by atoms with Crippen molar-refractivity contribution in [1.29, 1.82) is 0 Å². The van der Waals surface area contributed by atoms with E-state index in [1.807, 2.05) is 0 Å². The van der Waals surface area contributed by atoms with E-state index in [9.17, 15) is 19.2 Å². The first-order valence-corrected chi connectivity index (χ1v) is 34.6. The molecule has 0 aromatic rings. The summed E-state index contributed by atoms with van der Waals surface area (Å²) in [6, 6.07) is 0. The van der Waals surface area contributed by atoms with Crippen molar-refractivity contribution in [3.8, 4) is 0 Å². The second-order valence-electron chi connectivity index (χ2n) is 16.9. The van der Waals surface area contributed by atoms with Crippen LogP contribution >= 0.6 is 64.8 Å². The van der Waals surface area contributed by atoms with Gasteiger partial charge in [0, 0.05) is 274 Å². The molecule has 412 valence electrons. The van der Waals surface area contributed by atoms with Crippen LogP contribution in [-0.4, -0.2) is 344 Å². The summed E-state index contributed by atoms with van der Waals surface area (Å²) < 4.78 is 0. The number of imide groups is 1. The van der Waals surface area contributed by atoms with Crippen LogP contribution in [0.1, 0.15) is 79.6 Å². The minimum Gasteiger partial charge on any atom is -0.481 e. The van der Waals surface area contributed by atoms with Gasteiger partial charge in [-0.1, -0.05) is 105 Å². The molecule has 0 unspecified atom stereocenters. The van der Waals surface area contributed by atoms with Crippen molar-refractivity contribution in [3.63, 3.8) is 0 Å². The highest BCUT2D eigenvalue weighted by Gasteiger charge is 2.51. The van der Waals surface area contributed by atoms with Crippen molar-refractivity contribution < 1.29 is 39.0 Å². The van der Waals surface area contributed by atoms with E-state index in [0.29, 0.717) is 13.0 Å². The molecule has 0 aromatic carbocycles. The first-order chi connectivity index (χ1) is 38.2. The van der Waals surface area contributed by atoms with Crippen molar-refractivity contribution >= 4 is 315 Å². The SMILES string of the molecule is CC(=O)O.CC(=O)O.CC(C)C.CN.CN.CN.CNC(=O)CCCCCCCNC(=O)CCN1C(=O)C=CC1=O.CSSC.CSSC.CSSC.[B].[B][B]B(B([B])[B])B(B(B([B])[B])B([B])[B])B(B(B([B])[B])B([B])[B])B(B([B])[B])B([B])[B]. The van der Waals surface area contributed by atoms with Crippen molar-refractivity contribution in [2.24, 2.45) is 23.1 Å². The first kappa shape index (κ1) is 108. The Morgan fingerprint density at radius 3 is 1.02 bits per heavy atom. The number of nitrogens with zero attached hydrogens (tertiary/aromatic N) is 1. The molecule has 0 atom stereocenters. The average molecular weight is 1200 g/mol. The van der Waals surface area contributed by atoms with Gasteiger partial charge < -0.3 is 38.0 Å². The summed E-state index contributed by atoms with van der Waals surface area (Å²) in [4.78, 5) is 64.3. The molecule has 1 aliphatic rings. The van der Waals surface area contributed by atoms with E-state index < -0.39 is 94.9 Å². The number of carbonyl (C=O) groups excluding carboxylic acids is 4. The fourth-order valence-corrected chi connectivity index (χ4v) is 6.61. The van der Waals surface area contributed by atoms with Gasteiger partial charge in [-0.25, -0.2) is 0 Å². The molecule has 1 heterocycles. The van der Waals surface area contributed by atoms with Gasteiger partial charge >= 0.3 is 0 Å². The molecule has 1 aliphatic heterocycles. The molecular formula is C33H76B30N6O8S6. The van der Waals surface area contributed by atoms with Crippen molar-refractivity contribution in [3.05, 3.63) is 12.2 Å². The van der Waals surface area contributed by atoms with Gasteiger partial charge in [-0.3, -0.25) is 33.7 Å². The number of nitrogens with one attached hydrogen (secondary N) is 2. The lowest BCUT2D eigenvalue weighted by atomic mass is 8.32. The summed E-state index contributed by atoms with van der Waals surface area (Å²) in [6.07, 6.45) is 8.43. The van der Waals surface area contributed by atoms with Gasteiger partial charge in [0.1, 0.15) is 0 Å². The molecule has 10 N–H and O–H groups in total. The minimum absolute atomic E-state index is 0. The van der Waals surface area contributed by atoms with Crippen LogP contribution in [0.5, 0.6) is 0 Å². The topological polar surface area (TPSA) is 248 Å². The minimum atomic E-state index is -1.03. The van der Waals surface area contributed by atoms with Crippen LogP contribution < -0.4 is 27.8 Å². The second kappa shape index (κ2) is 78.8. The van der Waals surface area contributed by atoms with Gasteiger partial charge in [0.25, 0.3) is 23.8 Å². The molecule has 4 amide bonds. The summed E-state index contributed by atoms with van der Waals surface area (Å²) in [5.74, 6) is -1.64. The fourth-order valence-electron chi connectivity index (χ4n) is 6.61. The maximum absolute atomic E-state index is 11.6. The highest BCUT2D eigenvalue weighted by molar-refractivity contribution is 8.76. The number of carboxylic acid groups (broad SMARTS) is 2. The Kier molecular flexibility index (Phi) is 103. The first-order valence-electron chi connectivity index (χ1n) is 25.7. The molecule has 1 rings (SSSR count). The third-order valence-corrected chi connectivity index (χ3v) is 13.7. The number of aliphatic carboxylic acids is 2. The maximum atomic E-state index is 11.6. The molecule has 83 heavy (non-hydrogen) atoms. The predicted octanol–water partition coefficient (Wildman–Crippen LogP) is -5.47. The molecular weight excluding hydrogens is 1130 g/mol. The summed E-state index contributed by atoms with van der Waals surface area (Å²) in [6.45, 7) is 9.38. The zero-order chi connectivity index (χ0) is 67.3. The Hall–Kier alpha value is 0.688. The lowest BCUT2D eigenvalue weighted by molar-refractivity contribution is -0.138.